The molecular weight excluding hydrogens is 476 g/mol. The molecule has 0 bridgehead atoms. The Hall–Kier alpha value is -4.13. The van der Waals surface area contributed by atoms with E-state index in [1.165, 1.54) is 26.4 Å². The number of nitrogens with one attached hydrogen (secondary N) is 1. The molecule has 0 fully saturated rings. The largest absolute Gasteiger partial charge is 0.494 e. The van der Waals surface area contributed by atoms with Crippen LogP contribution in [0.1, 0.15) is 20.3 Å². The smallest absolute Gasteiger partial charge is 0.325 e. The van der Waals surface area contributed by atoms with Crippen LogP contribution < -0.4 is 15.0 Å². The number of amides is 1. The van der Waals surface area contributed by atoms with Gasteiger partial charge < -0.3 is 19.7 Å². The summed E-state index contributed by atoms with van der Waals surface area (Å²) in [6.07, 6.45) is 0.237. The van der Waals surface area contributed by atoms with E-state index in [0.717, 1.165) is 11.5 Å². The van der Waals surface area contributed by atoms with Crippen LogP contribution >= 0.6 is 11.5 Å². The molecule has 0 radical (unpaired) electrons. The number of nitrogens with zero attached hydrogens (tertiary/aromatic N) is 5. The van der Waals surface area contributed by atoms with Crippen LogP contribution in [-0.4, -0.2) is 48.5 Å². The van der Waals surface area contributed by atoms with Crippen molar-refractivity contribution < 1.29 is 24.0 Å². The lowest BCUT2D eigenvalue weighted by Gasteiger charge is -2.25. The second-order valence-corrected chi connectivity index (χ2v) is 7.93. The van der Waals surface area contributed by atoms with Crippen molar-refractivity contribution >= 4 is 62.1 Å². The summed E-state index contributed by atoms with van der Waals surface area (Å²) in [5.74, 6) is -0.264. The van der Waals surface area contributed by atoms with E-state index in [1.54, 1.807) is 30.0 Å². The average Bonchev–Trinajstić information content (AvgIpc) is 3.28. The number of nitro benzene ring substituents is 1. The van der Waals surface area contributed by atoms with Crippen molar-refractivity contribution in [3.63, 3.8) is 0 Å². The maximum atomic E-state index is 12.2. The van der Waals surface area contributed by atoms with E-state index in [0.29, 0.717) is 45.3 Å². The first kappa shape index (κ1) is 25.5. The first-order valence-electron chi connectivity index (χ1n) is 10.6. The number of non-ortho nitro benzene ring substituents is 1. The normalized spacial score (nSPS) is 11.0. The van der Waals surface area contributed by atoms with E-state index in [4.69, 9.17) is 9.47 Å². The molecule has 12 nitrogen and oxygen atoms in total. The summed E-state index contributed by atoms with van der Waals surface area (Å²) in [6, 6.07) is 7.56. The van der Waals surface area contributed by atoms with Gasteiger partial charge in [0, 0.05) is 36.6 Å². The average molecular weight is 501 g/mol. The molecule has 0 atom stereocenters. The molecule has 0 aliphatic rings. The lowest BCUT2D eigenvalue weighted by Crippen LogP contribution is -2.30. The number of nitro groups is 1. The van der Waals surface area contributed by atoms with Gasteiger partial charge in [-0.2, -0.15) is 4.37 Å². The minimum absolute atomic E-state index is 0.0168. The number of carbonyl (C=O) groups is 2. The fraction of sp³-hybridized carbons (Fsp3) is 0.318. The van der Waals surface area contributed by atoms with Gasteiger partial charge in [0.1, 0.15) is 18.0 Å². The molecule has 184 valence electrons. The maximum absolute atomic E-state index is 12.2. The molecule has 0 saturated heterocycles. The van der Waals surface area contributed by atoms with Gasteiger partial charge in [0.15, 0.2) is 5.00 Å². The molecule has 3 rings (SSSR count). The van der Waals surface area contributed by atoms with E-state index in [-0.39, 0.29) is 24.6 Å². The van der Waals surface area contributed by atoms with E-state index in [9.17, 15) is 19.7 Å². The van der Waals surface area contributed by atoms with Crippen LogP contribution in [0.2, 0.25) is 0 Å². The van der Waals surface area contributed by atoms with Gasteiger partial charge in [-0.1, -0.05) is 6.92 Å². The van der Waals surface area contributed by atoms with E-state index in [2.05, 4.69) is 19.9 Å². The van der Waals surface area contributed by atoms with Gasteiger partial charge in [0.05, 0.1) is 36.0 Å². The summed E-state index contributed by atoms with van der Waals surface area (Å²) in [6.45, 7) is 4.04. The number of methoxy groups -OCH3 is 2. The zero-order chi connectivity index (χ0) is 25.5. The van der Waals surface area contributed by atoms with Crippen LogP contribution in [0.3, 0.4) is 0 Å². The summed E-state index contributed by atoms with van der Waals surface area (Å²) >= 11 is 1.05. The van der Waals surface area contributed by atoms with Crippen molar-refractivity contribution in [3.8, 4) is 5.75 Å². The Labute approximate surface area is 204 Å². The number of fused-ring (bicyclic) bond motifs is 1. The highest BCUT2D eigenvalue weighted by molar-refractivity contribution is 7.11. The zero-order valence-electron chi connectivity index (χ0n) is 19.6. The molecule has 0 aliphatic carbocycles. The lowest BCUT2D eigenvalue weighted by atomic mass is 10.2. The van der Waals surface area contributed by atoms with Gasteiger partial charge in [-0.15, -0.1) is 10.2 Å². The van der Waals surface area contributed by atoms with Gasteiger partial charge >= 0.3 is 5.97 Å². The van der Waals surface area contributed by atoms with Gasteiger partial charge in [0.2, 0.25) is 5.91 Å². The number of rotatable bonds is 10. The number of benzene rings is 2. The van der Waals surface area contributed by atoms with Crippen molar-refractivity contribution in [2.75, 3.05) is 37.5 Å². The Balaban J connectivity index is 2.08. The molecule has 0 unspecified atom stereocenters. The van der Waals surface area contributed by atoms with E-state index >= 15 is 0 Å². The predicted molar refractivity (Wildman–Crippen MR) is 132 cm³/mol. The summed E-state index contributed by atoms with van der Waals surface area (Å²) in [5.41, 5.74) is 1.70. The van der Waals surface area contributed by atoms with Crippen LogP contribution in [0.15, 0.2) is 40.6 Å². The molecule has 1 N–H and O–H groups in total. The number of carbonyl (C=O) groups excluding carboxylic acids is 2. The molecule has 0 spiro atoms. The summed E-state index contributed by atoms with van der Waals surface area (Å²) in [5, 5.41) is 23.4. The molecule has 0 saturated carbocycles. The molecule has 1 heterocycles. The Morgan fingerprint density at radius 2 is 1.97 bits per heavy atom. The van der Waals surface area contributed by atoms with Gasteiger partial charge in [-0.05, 0) is 30.6 Å². The highest BCUT2D eigenvalue weighted by atomic mass is 32.1. The Morgan fingerprint density at radius 1 is 1.20 bits per heavy atom. The SMILES string of the molecule is CCC(=O)Nc1cc(N(CC)CC(=O)OC)c(OC)cc1N=Nc1snc2ccc([N+](=O)[O-])cc12. The first-order chi connectivity index (χ1) is 16.8. The molecule has 13 heteroatoms. The highest BCUT2D eigenvalue weighted by Crippen LogP contribution is 2.41. The Bertz CT molecular complexity index is 1290. The Kier molecular flexibility index (Phi) is 8.25. The monoisotopic (exact) mass is 500 g/mol. The summed E-state index contributed by atoms with van der Waals surface area (Å²) < 4.78 is 14.6. The first-order valence-corrected chi connectivity index (χ1v) is 11.4. The summed E-state index contributed by atoms with van der Waals surface area (Å²) in [4.78, 5) is 36.5. The molecule has 35 heavy (non-hydrogen) atoms. The number of anilines is 2. The van der Waals surface area contributed by atoms with E-state index in [1.807, 2.05) is 6.92 Å². The molecule has 0 aliphatic heterocycles. The van der Waals surface area contributed by atoms with Crippen LogP contribution in [0, 0.1) is 10.1 Å². The maximum Gasteiger partial charge on any atom is 0.325 e. The van der Waals surface area contributed by atoms with Crippen molar-refractivity contribution in [2.45, 2.75) is 20.3 Å². The minimum atomic E-state index is -0.492. The third-order valence-electron chi connectivity index (χ3n) is 5.06. The molecular formula is C22H24N6O6S. The van der Waals surface area contributed by atoms with Crippen LogP contribution in [-0.2, 0) is 14.3 Å². The van der Waals surface area contributed by atoms with Crippen LogP contribution in [0.5, 0.6) is 5.75 Å². The molecule has 3 aromatic rings. The Morgan fingerprint density at radius 3 is 2.60 bits per heavy atom. The zero-order valence-corrected chi connectivity index (χ0v) is 20.4. The van der Waals surface area contributed by atoms with Gasteiger partial charge in [0.25, 0.3) is 5.69 Å². The van der Waals surface area contributed by atoms with Crippen molar-refractivity contribution in [3.05, 3.63) is 40.4 Å². The van der Waals surface area contributed by atoms with Crippen LogP contribution in [0.4, 0.5) is 27.8 Å². The van der Waals surface area contributed by atoms with E-state index < -0.39 is 10.9 Å². The number of esters is 1. The van der Waals surface area contributed by atoms with Gasteiger partial charge in [-0.25, -0.2) is 0 Å². The number of hydrogen-bond acceptors (Lipinski definition) is 11. The van der Waals surface area contributed by atoms with Gasteiger partial charge in [-0.3, -0.25) is 19.7 Å². The quantitative estimate of drug-likeness (QED) is 0.177. The lowest BCUT2D eigenvalue weighted by molar-refractivity contribution is -0.384. The van der Waals surface area contributed by atoms with Crippen molar-refractivity contribution in [1.29, 1.82) is 0 Å². The summed E-state index contributed by atoms with van der Waals surface area (Å²) in [7, 11) is 2.79. The topological polar surface area (TPSA) is 149 Å². The molecule has 2 aromatic carbocycles. The fourth-order valence-corrected chi connectivity index (χ4v) is 3.86. The second kappa shape index (κ2) is 11.3. The number of ether oxygens (including phenoxy) is 2. The minimum Gasteiger partial charge on any atom is -0.494 e. The number of likely N-dealkylation sites (N-methyl/N-ethyl adjacent to an activating group) is 1. The third kappa shape index (κ3) is 5.87. The van der Waals surface area contributed by atoms with Crippen molar-refractivity contribution in [2.24, 2.45) is 10.2 Å². The molecule has 1 aromatic heterocycles. The van der Waals surface area contributed by atoms with Crippen LogP contribution in [0.25, 0.3) is 10.9 Å². The number of azo groups is 1. The molecule has 1 amide bonds. The van der Waals surface area contributed by atoms with Crippen molar-refractivity contribution in [1.82, 2.24) is 4.37 Å². The predicted octanol–water partition coefficient (Wildman–Crippen LogP) is 4.98. The number of aromatic nitrogens is 1. The third-order valence-corrected chi connectivity index (χ3v) is 5.83. The standard InChI is InChI=1S/C22H24N6O6S/c1-5-20(29)23-16-10-18(27(6-2)12-21(30)34-4)19(33-3)11-17(16)24-25-22-14-9-13(28(31)32)7-8-15(14)26-35-22/h7-11H,5-6,12H2,1-4H3,(H,23,29). The number of hydrogen-bond donors (Lipinski definition) is 1. The fourth-order valence-electron chi connectivity index (χ4n) is 3.18. The highest BCUT2D eigenvalue weighted by Gasteiger charge is 2.19. The second-order valence-electron chi connectivity index (χ2n) is 7.18.